The summed E-state index contributed by atoms with van der Waals surface area (Å²) in [5.41, 5.74) is 6.32. The van der Waals surface area contributed by atoms with Crippen molar-refractivity contribution in [3.63, 3.8) is 0 Å². The number of aliphatic hydroxyl groups is 1. The Labute approximate surface area is 153 Å². The maximum absolute atomic E-state index is 13.1. The lowest BCUT2D eigenvalue weighted by Gasteiger charge is -2.52. The van der Waals surface area contributed by atoms with E-state index in [1.165, 1.54) is 0 Å². The van der Waals surface area contributed by atoms with Gasteiger partial charge in [-0.2, -0.15) is 0 Å². The van der Waals surface area contributed by atoms with Crippen molar-refractivity contribution in [1.82, 2.24) is 9.88 Å². The van der Waals surface area contributed by atoms with Crippen LogP contribution in [0.4, 0.5) is 5.82 Å². The maximum atomic E-state index is 13.1. The third-order valence-corrected chi connectivity index (χ3v) is 6.04. The van der Waals surface area contributed by atoms with Gasteiger partial charge in [0.1, 0.15) is 5.82 Å². The number of carbonyl (C=O) groups is 1. The molecule has 1 aromatic heterocycles. The van der Waals surface area contributed by atoms with E-state index in [-0.39, 0.29) is 17.9 Å². The molecule has 0 unspecified atom stereocenters. The molecular formula is C21H25N3O2. The van der Waals surface area contributed by atoms with E-state index >= 15 is 0 Å². The van der Waals surface area contributed by atoms with Gasteiger partial charge in [-0.1, -0.05) is 43.2 Å². The van der Waals surface area contributed by atoms with Crippen molar-refractivity contribution in [2.24, 2.45) is 5.92 Å². The van der Waals surface area contributed by atoms with E-state index in [9.17, 15) is 9.90 Å². The monoisotopic (exact) mass is 351 g/mol. The Morgan fingerprint density at radius 2 is 1.92 bits per heavy atom. The van der Waals surface area contributed by atoms with Crippen LogP contribution in [0.3, 0.4) is 0 Å². The van der Waals surface area contributed by atoms with Crippen LogP contribution in [-0.2, 0) is 5.60 Å². The van der Waals surface area contributed by atoms with E-state index in [2.05, 4.69) is 4.98 Å². The molecule has 1 saturated heterocycles. The van der Waals surface area contributed by atoms with Gasteiger partial charge in [-0.25, -0.2) is 4.98 Å². The Hall–Kier alpha value is -2.40. The number of likely N-dealkylation sites (tertiary alicyclic amines) is 1. The molecule has 0 radical (unpaired) electrons. The van der Waals surface area contributed by atoms with Crippen molar-refractivity contribution >= 4 is 11.7 Å². The molecule has 1 amide bonds. The third-order valence-electron chi connectivity index (χ3n) is 6.04. The first-order chi connectivity index (χ1) is 12.6. The number of amides is 1. The summed E-state index contributed by atoms with van der Waals surface area (Å²) < 4.78 is 0. The van der Waals surface area contributed by atoms with E-state index in [1.807, 2.05) is 35.2 Å². The number of nitrogen functional groups attached to an aromatic ring is 1. The van der Waals surface area contributed by atoms with Crippen LogP contribution >= 0.6 is 0 Å². The number of fused-ring (bicyclic) bond motifs is 1. The van der Waals surface area contributed by atoms with Crippen molar-refractivity contribution < 1.29 is 9.90 Å². The first kappa shape index (κ1) is 17.0. The number of rotatable bonds is 2. The zero-order valence-corrected chi connectivity index (χ0v) is 14.8. The molecule has 1 aromatic carbocycles. The first-order valence-corrected chi connectivity index (χ1v) is 9.40. The van der Waals surface area contributed by atoms with Crippen LogP contribution in [0.2, 0.25) is 0 Å². The predicted octanol–water partition coefficient (Wildman–Crippen LogP) is 2.96. The summed E-state index contributed by atoms with van der Waals surface area (Å²) in [6, 6.07) is 13.4. The number of nitrogens with two attached hydrogens (primary N) is 1. The second kappa shape index (κ2) is 6.72. The van der Waals surface area contributed by atoms with Gasteiger partial charge in [0.25, 0.3) is 5.91 Å². The molecule has 5 heteroatoms. The Balaban J connectivity index is 1.64. The van der Waals surface area contributed by atoms with E-state index in [1.54, 1.807) is 18.3 Å². The molecule has 1 aliphatic carbocycles. The normalized spacial score (nSPS) is 28.4. The third kappa shape index (κ3) is 2.86. The summed E-state index contributed by atoms with van der Waals surface area (Å²) in [5.74, 6) is 0.469. The van der Waals surface area contributed by atoms with Crippen LogP contribution in [0.1, 0.15) is 48.0 Å². The second-order valence-electron chi connectivity index (χ2n) is 7.47. The first-order valence-electron chi connectivity index (χ1n) is 9.40. The van der Waals surface area contributed by atoms with Gasteiger partial charge in [0.15, 0.2) is 0 Å². The van der Waals surface area contributed by atoms with E-state index < -0.39 is 5.60 Å². The zero-order chi connectivity index (χ0) is 18.1. The van der Waals surface area contributed by atoms with Crippen LogP contribution in [-0.4, -0.2) is 33.5 Å². The Kier molecular flexibility index (Phi) is 4.41. The number of nitrogens with zero attached hydrogens (tertiary/aromatic N) is 2. The Morgan fingerprint density at radius 3 is 2.65 bits per heavy atom. The van der Waals surface area contributed by atoms with Crippen LogP contribution in [0, 0.1) is 5.92 Å². The van der Waals surface area contributed by atoms with Crippen LogP contribution in [0.5, 0.6) is 0 Å². The fraction of sp³-hybridized carbons (Fsp3) is 0.429. The maximum Gasteiger partial charge on any atom is 0.255 e. The number of carbonyl (C=O) groups excluding carboxylic acids is 1. The summed E-state index contributed by atoms with van der Waals surface area (Å²) in [7, 11) is 0. The summed E-state index contributed by atoms with van der Waals surface area (Å²) in [6.07, 6.45) is 6.19. The number of aromatic nitrogens is 1. The lowest BCUT2D eigenvalue weighted by Crippen LogP contribution is -2.59. The SMILES string of the molecule is Nc1ccc(C(=O)N2CC[C@@](O)(c3ccccc3)[C@H]3CCCC[C@@H]32)cn1. The van der Waals surface area contributed by atoms with Gasteiger partial charge in [-0.15, -0.1) is 0 Å². The highest BCUT2D eigenvalue weighted by Crippen LogP contribution is 2.47. The molecule has 26 heavy (non-hydrogen) atoms. The number of hydrogen-bond donors (Lipinski definition) is 2. The molecule has 0 bridgehead atoms. The molecule has 2 fully saturated rings. The zero-order valence-electron chi connectivity index (χ0n) is 14.8. The molecule has 2 aliphatic rings. The average Bonchev–Trinajstić information content (AvgIpc) is 2.69. The quantitative estimate of drug-likeness (QED) is 0.872. The molecule has 1 aliphatic heterocycles. The molecule has 3 atom stereocenters. The van der Waals surface area contributed by atoms with E-state index in [0.717, 1.165) is 31.2 Å². The number of anilines is 1. The Morgan fingerprint density at radius 1 is 1.15 bits per heavy atom. The van der Waals surface area contributed by atoms with Crippen LogP contribution in [0.25, 0.3) is 0 Å². The van der Waals surface area contributed by atoms with Gasteiger partial charge in [0.2, 0.25) is 0 Å². The molecule has 5 nitrogen and oxygen atoms in total. The Bertz CT molecular complexity index is 778. The predicted molar refractivity (Wildman–Crippen MR) is 100 cm³/mol. The van der Waals surface area contributed by atoms with Gasteiger partial charge in [-0.05, 0) is 37.0 Å². The minimum Gasteiger partial charge on any atom is -0.385 e. The van der Waals surface area contributed by atoms with Crippen molar-refractivity contribution in [3.05, 3.63) is 59.8 Å². The van der Waals surface area contributed by atoms with Gasteiger partial charge in [0.05, 0.1) is 11.2 Å². The fourth-order valence-electron chi connectivity index (χ4n) is 4.72. The minimum absolute atomic E-state index is 0.00971. The van der Waals surface area contributed by atoms with Crippen molar-refractivity contribution in [2.45, 2.75) is 43.7 Å². The van der Waals surface area contributed by atoms with Gasteiger partial charge in [-0.3, -0.25) is 4.79 Å². The number of benzene rings is 1. The second-order valence-corrected chi connectivity index (χ2v) is 7.47. The van der Waals surface area contributed by atoms with Gasteiger partial charge < -0.3 is 15.7 Å². The van der Waals surface area contributed by atoms with Crippen LogP contribution < -0.4 is 5.73 Å². The number of piperidine rings is 1. The topological polar surface area (TPSA) is 79.5 Å². The highest BCUT2D eigenvalue weighted by Gasteiger charge is 2.50. The lowest BCUT2D eigenvalue weighted by atomic mass is 9.66. The summed E-state index contributed by atoms with van der Waals surface area (Å²) in [5, 5.41) is 11.6. The number of hydrogen-bond acceptors (Lipinski definition) is 4. The minimum atomic E-state index is -0.859. The molecule has 2 heterocycles. The highest BCUT2D eigenvalue weighted by atomic mass is 16.3. The van der Waals surface area contributed by atoms with Gasteiger partial charge >= 0.3 is 0 Å². The molecule has 2 aromatic rings. The fourth-order valence-corrected chi connectivity index (χ4v) is 4.72. The van der Waals surface area contributed by atoms with Crippen molar-refractivity contribution in [2.75, 3.05) is 12.3 Å². The molecule has 1 saturated carbocycles. The molecule has 0 spiro atoms. The smallest absolute Gasteiger partial charge is 0.255 e. The summed E-state index contributed by atoms with van der Waals surface area (Å²) in [6.45, 7) is 0.551. The van der Waals surface area contributed by atoms with Crippen molar-refractivity contribution in [3.8, 4) is 0 Å². The summed E-state index contributed by atoms with van der Waals surface area (Å²) in [4.78, 5) is 19.1. The van der Waals surface area contributed by atoms with Crippen LogP contribution in [0.15, 0.2) is 48.7 Å². The highest BCUT2D eigenvalue weighted by molar-refractivity contribution is 5.94. The van der Waals surface area contributed by atoms with Gasteiger partial charge in [0, 0.05) is 24.7 Å². The van der Waals surface area contributed by atoms with E-state index in [0.29, 0.717) is 24.3 Å². The molecule has 136 valence electrons. The average molecular weight is 351 g/mol. The lowest BCUT2D eigenvalue weighted by molar-refractivity contribution is -0.110. The molecular weight excluding hydrogens is 326 g/mol. The summed E-state index contributed by atoms with van der Waals surface area (Å²) >= 11 is 0. The standard InChI is InChI=1S/C21H25N3O2/c22-19-11-10-15(14-23-19)20(25)24-13-12-21(26,16-6-2-1-3-7-16)17-8-4-5-9-18(17)24/h1-3,6-7,10-11,14,17-18,26H,4-5,8-9,12-13H2,(H2,22,23)/t17-,18-,21+/m0/s1. The number of pyridine rings is 1. The molecule has 4 rings (SSSR count). The van der Waals surface area contributed by atoms with E-state index in [4.69, 9.17) is 5.73 Å². The molecule has 3 N–H and O–H groups in total. The van der Waals surface area contributed by atoms with Crippen molar-refractivity contribution in [1.29, 1.82) is 0 Å². The largest absolute Gasteiger partial charge is 0.385 e.